The first-order valence-electron chi connectivity index (χ1n) is 8.16. The SMILES string of the molecule is Cc1[nH]n(-c2ccccc2)c(=O)c1C(=NNC(=O)c1ccccc1)C(F)(F)F. The predicted molar refractivity (Wildman–Crippen MR) is 97.6 cm³/mol. The van der Waals surface area contributed by atoms with E-state index in [4.69, 9.17) is 0 Å². The summed E-state index contributed by atoms with van der Waals surface area (Å²) >= 11 is 0. The Morgan fingerprint density at radius 1 is 1.04 bits per heavy atom. The van der Waals surface area contributed by atoms with E-state index < -0.39 is 28.9 Å². The number of aromatic nitrogens is 2. The molecule has 1 aromatic heterocycles. The third kappa shape index (κ3) is 3.88. The van der Waals surface area contributed by atoms with Gasteiger partial charge >= 0.3 is 6.18 Å². The number of H-pyrrole nitrogens is 1. The lowest BCUT2D eigenvalue weighted by Gasteiger charge is -2.09. The van der Waals surface area contributed by atoms with E-state index in [-0.39, 0.29) is 11.3 Å². The minimum Gasteiger partial charge on any atom is -0.295 e. The normalized spacial score (nSPS) is 12.1. The Kier molecular flexibility index (Phi) is 5.16. The van der Waals surface area contributed by atoms with Gasteiger partial charge in [0.15, 0.2) is 5.71 Å². The van der Waals surface area contributed by atoms with Crippen molar-refractivity contribution in [2.45, 2.75) is 13.1 Å². The molecule has 2 aromatic carbocycles. The molecule has 0 spiro atoms. The lowest BCUT2D eigenvalue weighted by molar-refractivity contribution is -0.0584. The van der Waals surface area contributed by atoms with Gasteiger partial charge in [0.25, 0.3) is 11.5 Å². The van der Waals surface area contributed by atoms with Gasteiger partial charge in [0.2, 0.25) is 0 Å². The lowest BCUT2D eigenvalue weighted by atomic mass is 10.1. The fraction of sp³-hybridized carbons (Fsp3) is 0.105. The van der Waals surface area contributed by atoms with Gasteiger partial charge in [-0.05, 0) is 31.2 Å². The van der Waals surface area contributed by atoms with Gasteiger partial charge in [0.05, 0.1) is 11.3 Å². The smallest absolute Gasteiger partial charge is 0.295 e. The lowest BCUT2D eigenvalue weighted by Crippen LogP contribution is -2.33. The molecule has 6 nitrogen and oxygen atoms in total. The molecule has 0 unspecified atom stereocenters. The maximum absolute atomic E-state index is 13.6. The molecule has 0 fully saturated rings. The number of para-hydroxylation sites is 1. The molecule has 9 heteroatoms. The summed E-state index contributed by atoms with van der Waals surface area (Å²) in [5.41, 5.74) is -0.709. The topological polar surface area (TPSA) is 79.2 Å². The monoisotopic (exact) mass is 388 g/mol. The summed E-state index contributed by atoms with van der Waals surface area (Å²) in [4.78, 5) is 24.7. The summed E-state index contributed by atoms with van der Waals surface area (Å²) in [6, 6.07) is 15.8. The summed E-state index contributed by atoms with van der Waals surface area (Å²) in [5.74, 6) is -0.820. The number of benzene rings is 2. The first kappa shape index (κ1) is 19.2. The van der Waals surface area contributed by atoms with Crippen molar-refractivity contribution in [3.63, 3.8) is 0 Å². The molecule has 144 valence electrons. The molecule has 1 heterocycles. The van der Waals surface area contributed by atoms with Crippen LogP contribution in [0.2, 0.25) is 0 Å². The molecular weight excluding hydrogens is 373 g/mol. The van der Waals surface area contributed by atoms with Crippen molar-refractivity contribution in [1.29, 1.82) is 0 Å². The van der Waals surface area contributed by atoms with Crippen LogP contribution in [-0.4, -0.2) is 27.6 Å². The Hall–Kier alpha value is -3.62. The number of halogens is 3. The van der Waals surface area contributed by atoms with E-state index >= 15 is 0 Å². The van der Waals surface area contributed by atoms with Crippen molar-refractivity contribution in [1.82, 2.24) is 15.2 Å². The first-order valence-corrected chi connectivity index (χ1v) is 8.16. The van der Waals surface area contributed by atoms with E-state index in [2.05, 4.69) is 10.2 Å². The van der Waals surface area contributed by atoms with Gasteiger partial charge < -0.3 is 0 Å². The highest BCUT2D eigenvalue weighted by molar-refractivity contribution is 6.06. The molecule has 0 saturated heterocycles. The highest BCUT2D eigenvalue weighted by atomic mass is 19.4. The highest BCUT2D eigenvalue weighted by Crippen LogP contribution is 2.22. The zero-order valence-electron chi connectivity index (χ0n) is 14.6. The third-order valence-corrected chi connectivity index (χ3v) is 3.90. The maximum atomic E-state index is 13.6. The molecule has 1 amide bonds. The Morgan fingerprint density at radius 3 is 2.18 bits per heavy atom. The van der Waals surface area contributed by atoms with Crippen LogP contribution in [0.4, 0.5) is 13.2 Å². The molecule has 3 rings (SSSR count). The zero-order valence-corrected chi connectivity index (χ0v) is 14.6. The van der Waals surface area contributed by atoms with E-state index in [0.717, 1.165) is 4.68 Å². The Bertz CT molecular complexity index is 1070. The van der Waals surface area contributed by atoms with Crippen LogP contribution in [0.1, 0.15) is 21.6 Å². The van der Waals surface area contributed by atoms with Crippen LogP contribution in [0.25, 0.3) is 5.69 Å². The maximum Gasteiger partial charge on any atom is 0.435 e. The van der Waals surface area contributed by atoms with Crippen molar-refractivity contribution >= 4 is 11.6 Å². The number of rotatable bonds is 4. The second kappa shape index (κ2) is 7.55. The average Bonchev–Trinajstić information content (AvgIpc) is 2.97. The van der Waals surface area contributed by atoms with E-state index in [0.29, 0.717) is 5.69 Å². The molecule has 0 radical (unpaired) electrons. The Labute approximate surface area is 157 Å². The Morgan fingerprint density at radius 2 is 1.61 bits per heavy atom. The van der Waals surface area contributed by atoms with E-state index in [1.807, 2.05) is 5.43 Å². The van der Waals surface area contributed by atoms with E-state index in [1.54, 1.807) is 48.5 Å². The summed E-state index contributed by atoms with van der Waals surface area (Å²) in [6.07, 6.45) is -4.95. The largest absolute Gasteiger partial charge is 0.435 e. The predicted octanol–water partition coefficient (Wildman–Crippen LogP) is 3.17. The molecule has 28 heavy (non-hydrogen) atoms. The summed E-state index contributed by atoms with van der Waals surface area (Å²) in [5, 5.41) is 5.84. The minimum absolute atomic E-state index is 0.0288. The molecule has 0 saturated carbocycles. The van der Waals surface area contributed by atoms with Crippen LogP contribution in [0.15, 0.2) is 70.6 Å². The number of alkyl halides is 3. The van der Waals surface area contributed by atoms with Gasteiger partial charge in [-0.2, -0.15) is 18.3 Å². The molecule has 3 aromatic rings. The van der Waals surface area contributed by atoms with Crippen LogP contribution < -0.4 is 11.0 Å². The van der Waals surface area contributed by atoms with Crippen LogP contribution in [0.5, 0.6) is 0 Å². The standard InChI is InChI=1S/C19H15F3N4O2/c1-12-15(18(28)26(25-12)14-10-6-3-7-11-14)16(19(20,21)22)23-24-17(27)13-8-4-2-5-9-13/h2-11,25H,1H3,(H,24,27). The molecule has 0 atom stereocenters. The van der Waals surface area contributed by atoms with Crippen molar-refractivity contribution in [3.8, 4) is 5.69 Å². The van der Waals surface area contributed by atoms with Gasteiger partial charge in [-0.1, -0.05) is 36.4 Å². The number of hydrogen-bond acceptors (Lipinski definition) is 3. The number of hydrogen-bond donors (Lipinski definition) is 2. The number of aromatic amines is 1. The molecule has 0 bridgehead atoms. The van der Waals surface area contributed by atoms with Gasteiger partial charge in [0.1, 0.15) is 0 Å². The quantitative estimate of drug-likeness (QED) is 0.532. The van der Waals surface area contributed by atoms with E-state index in [1.165, 1.54) is 19.1 Å². The average molecular weight is 388 g/mol. The number of hydrazone groups is 1. The van der Waals surface area contributed by atoms with Crippen LogP contribution in [0.3, 0.4) is 0 Å². The zero-order chi connectivity index (χ0) is 20.3. The number of amides is 1. The molecule has 2 N–H and O–H groups in total. The van der Waals surface area contributed by atoms with Gasteiger partial charge in [-0.25, -0.2) is 10.1 Å². The summed E-state index contributed by atoms with van der Waals surface area (Å²) < 4.78 is 41.7. The van der Waals surface area contributed by atoms with Crippen molar-refractivity contribution in [2.24, 2.45) is 5.10 Å². The number of nitrogens with zero attached hydrogens (tertiary/aromatic N) is 2. The molecule has 0 aliphatic rings. The number of carbonyl (C=O) groups excluding carboxylic acids is 1. The fourth-order valence-electron chi connectivity index (χ4n) is 2.61. The van der Waals surface area contributed by atoms with Gasteiger partial charge in [0, 0.05) is 11.3 Å². The molecular formula is C19H15F3N4O2. The van der Waals surface area contributed by atoms with E-state index in [9.17, 15) is 22.8 Å². The second-order valence-corrected chi connectivity index (χ2v) is 5.85. The molecule has 0 aliphatic carbocycles. The van der Waals surface area contributed by atoms with Crippen molar-refractivity contribution in [3.05, 3.63) is 87.8 Å². The van der Waals surface area contributed by atoms with Crippen molar-refractivity contribution in [2.75, 3.05) is 0 Å². The summed E-state index contributed by atoms with van der Waals surface area (Å²) in [6.45, 7) is 1.33. The van der Waals surface area contributed by atoms with Gasteiger partial charge in [-0.15, -0.1) is 0 Å². The van der Waals surface area contributed by atoms with Crippen LogP contribution >= 0.6 is 0 Å². The summed E-state index contributed by atoms with van der Waals surface area (Å²) in [7, 11) is 0. The second-order valence-electron chi connectivity index (χ2n) is 5.85. The number of nitrogens with one attached hydrogen (secondary N) is 2. The highest BCUT2D eigenvalue weighted by Gasteiger charge is 2.41. The number of carbonyl (C=O) groups is 1. The fourth-order valence-corrected chi connectivity index (χ4v) is 2.61. The Balaban J connectivity index is 2.03. The van der Waals surface area contributed by atoms with Crippen molar-refractivity contribution < 1.29 is 18.0 Å². The van der Waals surface area contributed by atoms with Gasteiger partial charge in [-0.3, -0.25) is 14.7 Å². The van der Waals surface area contributed by atoms with Crippen LogP contribution in [-0.2, 0) is 0 Å². The van der Waals surface area contributed by atoms with Crippen LogP contribution in [0, 0.1) is 6.92 Å². The third-order valence-electron chi connectivity index (χ3n) is 3.90. The number of aryl methyl sites for hydroxylation is 1. The molecule has 0 aliphatic heterocycles. The minimum atomic E-state index is -4.95. The first-order chi connectivity index (χ1) is 13.3.